The Bertz CT molecular complexity index is 598. The van der Waals surface area contributed by atoms with E-state index in [-0.39, 0.29) is 42.5 Å². The molecular formula is C22H44IN5O4. The summed E-state index contributed by atoms with van der Waals surface area (Å²) in [5.74, 6) is 0.445. The van der Waals surface area contributed by atoms with Crippen LogP contribution in [0.5, 0.6) is 0 Å². The third kappa shape index (κ3) is 12.1. The van der Waals surface area contributed by atoms with Crippen LogP contribution in [0.4, 0.5) is 4.79 Å². The van der Waals surface area contributed by atoms with Gasteiger partial charge in [-0.15, -0.1) is 24.0 Å². The SMILES string of the molecule is CCC(CC)(CNC(=NCC(=O)N(C)C)NCC1CCCCO1)NC(=O)OC(C)(C)C.I. The molecule has 0 spiro atoms. The van der Waals surface area contributed by atoms with E-state index < -0.39 is 17.2 Å². The van der Waals surface area contributed by atoms with Gasteiger partial charge in [0.25, 0.3) is 0 Å². The Labute approximate surface area is 210 Å². The van der Waals surface area contributed by atoms with Crippen LogP contribution in [0.2, 0.25) is 0 Å². The van der Waals surface area contributed by atoms with E-state index in [0.717, 1.165) is 25.9 Å². The average Bonchev–Trinajstić information content (AvgIpc) is 2.71. The van der Waals surface area contributed by atoms with E-state index >= 15 is 0 Å². The second-order valence-corrected chi connectivity index (χ2v) is 9.29. The third-order valence-electron chi connectivity index (χ3n) is 5.36. The first-order chi connectivity index (χ1) is 14.5. The van der Waals surface area contributed by atoms with Crippen molar-refractivity contribution in [2.24, 2.45) is 4.99 Å². The highest BCUT2D eigenvalue weighted by Gasteiger charge is 2.31. The number of aliphatic imine (C=N–C) groups is 1. The fourth-order valence-electron chi connectivity index (χ4n) is 3.14. The number of carbonyl (C=O) groups excluding carboxylic acids is 2. The fourth-order valence-corrected chi connectivity index (χ4v) is 3.14. The summed E-state index contributed by atoms with van der Waals surface area (Å²) < 4.78 is 11.2. The van der Waals surface area contributed by atoms with Crippen LogP contribution >= 0.6 is 24.0 Å². The molecule has 1 saturated heterocycles. The second kappa shape index (κ2) is 14.8. The number of guanidine groups is 1. The van der Waals surface area contributed by atoms with Gasteiger partial charge in [-0.2, -0.15) is 0 Å². The van der Waals surface area contributed by atoms with Crippen LogP contribution in [0.1, 0.15) is 66.7 Å². The monoisotopic (exact) mass is 569 g/mol. The molecule has 188 valence electrons. The van der Waals surface area contributed by atoms with Crippen molar-refractivity contribution in [3.8, 4) is 0 Å². The van der Waals surface area contributed by atoms with Crippen LogP contribution in [0.25, 0.3) is 0 Å². The number of hydrogen-bond acceptors (Lipinski definition) is 5. The minimum absolute atomic E-state index is 0. The summed E-state index contributed by atoms with van der Waals surface area (Å²) in [6.45, 7) is 11.5. The number of likely N-dealkylation sites (N-methyl/N-ethyl adjacent to an activating group) is 1. The molecule has 10 heteroatoms. The summed E-state index contributed by atoms with van der Waals surface area (Å²) in [6.07, 6.45) is 4.37. The lowest BCUT2D eigenvalue weighted by Gasteiger charge is -2.34. The molecule has 32 heavy (non-hydrogen) atoms. The molecule has 3 N–H and O–H groups in total. The van der Waals surface area contributed by atoms with Gasteiger partial charge in [-0.3, -0.25) is 4.79 Å². The first-order valence-electron chi connectivity index (χ1n) is 11.4. The van der Waals surface area contributed by atoms with Crippen LogP contribution in [0.15, 0.2) is 4.99 Å². The summed E-state index contributed by atoms with van der Waals surface area (Å²) in [7, 11) is 3.41. The van der Waals surface area contributed by atoms with E-state index in [9.17, 15) is 9.59 Å². The molecule has 0 bridgehead atoms. The van der Waals surface area contributed by atoms with Gasteiger partial charge in [0.05, 0.1) is 11.6 Å². The van der Waals surface area contributed by atoms with Crippen molar-refractivity contribution in [3.05, 3.63) is 0 Å². The van der Waals surface area contributed by atoms with Gasteiger partial charge < -0.3 is 30.3 Å². The smallest absolute Gasteiger partial charge is 0.408 e. The highest BCUT2D eigenvalue weighted by Crippen LogP contribution is 2.16. The molecule has 2 amide bonds. The molecule has 0 aromatic carbocycles. The Kier molecular flexibility index (Phi) is 14.2. The summed E-state index contributed by atoms with van der Waals surface area (Å²) in [5, 5.41) is 9.63. The normalized spacial score (nSPS) is 17.1. The zero-order valence-electron chi connectivity index (χ0n) is 20.9. The van der Waals surface area contributed by atoms with Gasteiger partial charge in [-0.05, 0) is 52.9 Å². The van der Waals surface area contributed by atoms with Crippen molar-refractivity contribution in [1.82, 2.24) is 20.9 Å². The molecule has 1 rings (SSSR count). The molecule has 1 aliphatic heterocycles. The quantitative estimate of drug-likeness (QED) is 0.224. The van der Waals surface area contributed by atoms with E-state index in [4.69, 9.17) is 9.47 Å². The topological polar surface area (TPSA) is 104 Å². The molecule has 0 radical (unpaired) electrons. The van der Waals surface area contributed by atoms with Crippen molar-refractivity contribution < 1.29 is 19.1 Å². The Balaban J connectivity index is 0.00000961. The van der Waals surface area contributed by atoms with Gasteiger partial charge >= 0.3 is 6.09 Å². The highest BCUT2D eigenvalue weighted by molar-refractivity contribution is 14.0. The predicted molar refractivity (Wildman–Crippen MR) is 139 cm³/mol. The van der Waals surface area contributed by atoms with Crippen LogP contribution < -0.4 is 16.0 Å². The molecular weight excluding hydrogens is 525 g/mol. The zero-order chi connectivity index (χ0) is 23.5. The Morgan fingerprint density at radius 1 is 1.12 bits per heavy atom. The molecule has 1 atom stereocenters. The van der Waals surface area contributed by atoms with E-state index in [2.05, 4.69) is 20.9 Å². The molecule has 0 aromatic rings. The average molecular weight is 570 g/mol. The number of amides is 2. The molecule has 0 saturated carbocycles. The lowest BCUT2D eigenvalue weighted by Crippen LogP contribution is -2.57. The number of alkyl carbamates (subject to hydrolysis) is 1. The van der Waals surface area contributed by atoms with Gasteiger partial charge in [-0.25, -0.2) is 9.79 Å². The molecule has 1 aliphatic rings. The van der Waals surface area contributed by atoms with E-state index in [0.29, 0.717) is 31.9 Å². The number of ether oxygens (including phenoxy) is 2. The van der Waals surface area contributed by atoms with Crippen molar-refractivity contribution >= 4 is 41.9 Å². The van der Waals surface area contributed by atoms with Gasteiger partial charge in [0.1, 0.15) is 12.1 Å². The standard InChI is InChI=1S/C22H43N5O4.HI/c1-8-22(9-2,26-20(29)31-21(3,4)5)16-25-19(24-15-18(28)27(6)7)23-14-17-12-10-11-13-30-17;/h17H,8-16H2,1-7H3,(H,26,29)(H2,23,24,25);1H. The molecule has 1 fully saturated rings. The Hall–Kier alpha value is -1.30. The van der Waals surface area contributed by atoms with Crippen molar-refractivity contribution in [2.75, 3.05) is 40.3 Å². The predicted octanol–water partition coefficient (Wildman–Crippen LogP) is 2.88. The Morgan fingerprint density at radius 3 is 2.28 bits per heavy atom. The number of nitrogens with zero attached hydrogens (tertiary/aromatic N) is 2. The molecule has 1 unspecified atom stereocenters. The number of halogens is 1. The maximum absolute atomic E-state index is 12.4. The summed E-state index contributed by atoms with van der Waals surface area (Å²) in [4.78, 5) is 30.4. The zero-order valence-corrected chi connectivity index (χ0v) is 23.2. The van der Waals surface area contributed by atoms with Gasteiger partial charge in [0.15, 0.2) is 5.96 Å². The maximum Gasteiger partial charge on any atom is 0.408 e. The summed E-state index contributed by atoms with van der Waals surface area (Å²) in [6, 6.07) is 0. The fraction of sp³-hybridized carbons (Fsp3) is 0.864. The van der Waals surface area contributed by atoms with Crippen molar-refractivity contribution in [1.29, 1.82) is 0 Å². The third-order valence-corrected chi connectivity index (χ3v) is 5.36. The lowest BCUT2D eigenvalue weighted by atomic mass is 9.93. The van der Waals surface area contributed by atoms with Gasteiger partial charge in [-0.1, -0.05) is 13.8 Å². The molecule has 0 aliphatic carbocycles. The van der Waals surface area contributed by atoms with Crippen LogP contribution in [-0.4, -0.2) is 80.4 Å². The van der Waals surface area contributed by atoms with Crippen molar-refractivity contribution in [3.63, 3.8) is 0 Å². The first kappa shape index (κ1) is 30.7. The summed E-state index contributed by atoms with van der Waals surface area (Å²) >= 11 is 0. The van der Waals surface area contributed by atoms with Crippen LogP contribution in [0, 0.1) is 0 Å². The van der Waals surface area contributed by atoms with E-state index in [1.807, 2.05) is 34.6 Å². The van der Waals surface area contributed by atoms with Gasteiger partial charge in [0.2, 0.25) is 5.91 Å². The number of rotatable bonds is 9. The minimum atomic E-state index is -0.564. The van der Waals surface area contributed by atoms with Crippen LogP contribution in [-0.2, 0) is 14.3 Å². The number of nitrogens with one attached hydrogen (secondary N) is 3. The number of hydrogen-bond donors (Lipinski definition) is 3. The largest absolute Gasteiger partial charge is 0.444 e. The molecule has 0 aromatic heterocycles. The summed E-state index contributed by atoms with van der Waals surface area (Å²) in [5.41, 5.74) is -1.07. The van der Waals surface area contributed by atoms with E-state index in [1.165, 1.54) is 4.90 Å². The number of carbonyl (C=O) groups is 2. The minimum Gasteiger partial charge on any atom is -0.444 e. The van der Waals surface area contributed by atoms with E-state index in [1.54, 1.807) is 14.1 Å². The Morgan fingerprint density at radius 2 is 1.78 bits per heavy atom. The molecule has 1 heterocycles. The highest BCUT2D eigenvalue weighted by atomic mass is 127. The second-order valence-electron chi connectivity index (χ2n) is 9.29. The van der Waals surface area contributed by atoms with Crippen LogP contribution in [0.3, 0.4) is 0 Å². The molecule has 9 nitrogen and oxygen atoms in total. The van der Waals surface area contributed by atoms with Gasteiger partial charge in [0, 0.05) is 33.8 Å². The van der Waals surface area contributed by atoms with Crippen molar-refractivity contribution in [2.45, 2.75) is 84.0 Å². The maximum atomic E-state index is 12.4. The first-order valence-corrected chi connectivity index (χ1v) is 11.4. The lowest BCUT2D eigenvalue weighted by molar-refractivity contribution is -0.127.